The summed E-state index contributed by atoms with van der Waals surface area (Å²) in [5, 5.41) is 0. The van der Waals surface area contributed by atoms with Gasteiger partial charge in [-0.2, -0.15) is 0 Å². The molecule has 1 aromatic heterocycles. The average molecular weight is 406 g/mol. The Bertz CT molecular complexity index is 831. The predicted octanol–water partition coefficient (Wildman–Crippen LogP) is 1.78. The average Bonchev–Trinajstić information content (AvgIpc) is 2.70. The number of unbranched alkanes of at least 4 members (excludes halogenated alkanes) is 1. The second-order valence-electron chi connectivity index (χ2n) is 8.46. The summed E-state index contributed by atoms with van der Waals surface area (Å²) in [6, 6.07) is 0. The number of hydrogen-bond acceptors (Lipinski definition) is 5. The number of likely N-dealkylation sites (tertiary alicyclic amines) is 1. The number of likely N-dealkylation sites (N-methyl/N-ethyl adjacent to an activating group) is 1. The standard InChI is InChI=1S/C21H35N5O3/c1-3-5-11-26-19(22)18(20(28)23-21(26)29)25(4-2)17(27)14-24-12-10-15-8-6-7-9-16(15)13-24/h15-16H,3-14,22H2,1-2H3,(H,23,28,29)/t15-,16+/m0/s1. The Labute approximate surface area is 172 Å². The Hall–Kier alpha value is -2.09. The topological polar surface area (TPSA) is 104 Å². The van der Waals surface area contributed by atoms with Gasteiger partial charge in [0, 0.05) is 19.6 Å². The Morgan fingerprint density at radius 1 is 1.17 bits per heavy atom. The molecule has 1 saturated carbocycles. The number of H-pyrrole nitrogens is 1. The number of nitrogens with zero attached hydrogens (tertiary/aromatic N) is 3. The molecule has 0 aromatic carbocycles. The molecule has 3 N–H and O–H groups in total. The van der Waals surface area contributed by atoms with Crippen molar-refractivity contribution in [3.8, 4) is 0 Å². The molecule has 0 radical (unpaired) electrons. The molecule has 2 heterocycles. The fourth-order valence-corrected chi connectivity index (χ4v) is 4.93. The van der Waals surface area contributed by atoms with Crippen LogP contribution in [0.25, 0.3) is 0 Å². The smallest absolute Gasteiger partial charge is 0.330 e. The van der Waals surface area contributed by atoms with Crippen LogP contribution in [0.5, 0.6) is 0 Å². The number of piperidine rings is 1. The molecule has 1 amide bonds. The third-order valence-electron chi connectivity index (χ3n) is 6.57. The van der Waals surface area contributed by atoms with Gasteiger partial charge in [-0.15, -0.1) is 0 Å². The molecule has 3 rings (SSSR count). The molecule has 1 saturated heterocycles. The van der Waals surface area contributed by atoms with Crippen molar-refractivity contribution < 1.29 is 4.79 Å². The normalized spacial score (nSPS) is 22.3. The quantitative estimate of drug-likeness (QED) is 0.720. The molecule has 0 bridgehead atoms. The first-order chi connectivity index (χ1) is 14.0. The predicted molar refractivity (Wildman–Crippen MR) is 115 cm³/mol. The van der Waals surface area contributed by atoms with Crippen molar-refractivity contribution in [3.05, 3.63) is 20.8 Å². The van der Waals surface area contributed by atoms with E-state index >= 15 is 0 Å². The van der Waals surface area contributed by atoms with E-state index in [0.29, 0.717) is 19.0 Å². The van der Waals surface area contributed by atoms with Crippen LogP contribution in [-0.4, -0.2) is 46.5 Å². The van der Waals surface area contributed by atoms with Crippen LogP contribution in [-0.2, 0) is 11.3 Å². The maximum atomic E-state index is 13.1. The van der Waals surface area contributed by atoms with Crippen molar-refractivity contribution in [2.75, 3.05) is 36.8 Å². The molecule has 2 fully saturated rings. The summed E-state index contributed by atoms with van der Waals surface area (Å²) in [6.45, 7) is 6.76. The third kappa shape index (κ3) is 4.74. The molecule has 1 aliphatic carbocycles. The number of carbonyl (C=O) groups is 1. The lowest BCUT2D eigenvalue weighted by atomic mass is 9.75. The van der Waals surface area contributed by atoms with Gasteiger partial charge in [0.2, 0.25) is 5.91 Å². The van der Waals surface area contributed by atoms with Gasteiger partial charge in [0.25, 0.3) is 5.56 Å². The van der Waals surface area contributed by atoms with Gasteiger partial charge in [0.1, 0.15) is 5.82 Å². The van der Waals surface area contributed by atoms with Crippen molar-refractivity contribution in [1.29, 1.82) is 0 Å². The number of aromatic amines is 1. The summed E-state index contributed by atoms with van der Waals surface area (Å²) < 4.78 is 1.36. The fourth-order valence-electron chi connectivity index (χ4n) is 4.93. The van der Waals surface area contributed by atoms with E-state index in [1.54, 1.807) is 0 Å². The van der Waals surface area contributed by atoms with Crippen molar-refractivity contribution in [1.82, 2.24) is 14.5 Å². The van der Waals surface area contributed by atoms with Gasteiger partial charge in [0.15, 0.2) is 5.69 Å². The summed E-state index contributed by atoms with van der Waals surface area (Å²) in [6.07, 6.45) is 8.00. The summed E-state index contributed by atoms with van der Waals surface area (Å²) in [5.74, 6) is 1.43. The highest BCUT2D eigenvalue weighted by Crippen LogP contribution is 2.36. The van der Waals surface area contributed by atoms with Crippen molar-refractivity contribution in [3.63, 3.8) is 0 Å². The lowest BCUT2D eigenvalue weighted by molar-refractivity contribution is -0.120. The minimum atomic E-state index is -0.596. The molecule has 2 aliphatic rings. The highest BCUT2D eigenvalue weighted by atomic mass is 16.2. The van der Waals surface area contributed by atoms with Gasteiger partial charge in [-0.25, -0.2) is 4.79 Å². The molecular formula is C21H35N5O3. The number of fused-ring (bicyclic) bond motifs is 1. The Morgan fingerprint density at radius 2 is 1.90 bits per heavy atom. The second kappa shape index (κ2) is 9.61. The number of nitrogens with two attached hydrogens (primary N) is 1. The van der Waals surface area contributed by atoms with Crippen LogP contribution >= 0.6 is 0 Å². The maximum Gasteiger partial charge on any atom is 0.330 e. The van der Waals surface area contributed by atoms with E-state index in [9.17, 15) is 14.4 Å². The molecule has 0 unspecified atom stereocenters. The Morgan fingerprint density at radius 3 is 2.59 bits per heavy atom. The van der Waals surface area contributed by atoms with Crippen LogP contribution in [0, 0.1) is 11.8 Å². The molecule has 8 nitrogen and oxygen atoms in total. The van der Waals surface area contributed by atoms with E-state index in [0.717, 1.165) is 38.3 Å². The van der Waals surface area contributed by atoms with E-state index < -0.39 is 11.2 Å². The van der Waals surface area contributed by atoms with Gasteiger partial charge in [-0.05, 0) is 44.6 Å². The number of carbonyl (C=O) groups excluding carboxylic acids is 1. The largest absolute Gasteiger partial charge is 0.383 e. The van der Waals surface area contributed by atoms with Gasteiger partial charge in [0.05, 0.1) is 6.54 Å². The van der Waals surface area contributed by atoms with E-state index in [2.05, 4.69) is 9.88 Å². The summed E-state index contributed by atoms with van der Waals surface area (Å²) >= 11 is 0. The zero-order valence-electron chi connectivity index (χ0n) is 17.8. The molecule has 0 spiro atoms. The summed E-state index contributed by atoms with van der Waals surface area (Å²) in [4.78, 5) is 43.8. The van der Waals surface area contributed by atoms with Gasteiger partial charge >= 0.3 is 5.69 Å². The molecule has 1 aliphatic heterocycles. The zero-order chi connectivity index (χ0) is 21.0. The first kappa shape index (κ1) is 21.6. The highest BCUT2D eigenvalue weighted by Gasteiger charge is 2.33. The Kier molecular flexibility index (Phi) is 7.16. The van der Waals surface area contributed by atoms with Crippen LogP contribution in [0.3, 0.4) is 0 Å². The van der Waals surface area contributed by atoms with E-state index in [1.165, 1.54) is 35.2 Å². The van der Waals surface area contributed by atoms with E-state index in [-0.39, 0.29) is 24.0 Å². The number of amides is 1. The van der Waals surface area contributed by atoms with Crippen LogP contribution in [0.15, 0.2) is 9.59 Å². The number of nitrogen functional groups attached to an aromatic ring is 1. The van der Waals surface area contributed by atoms with E-state index in [4.69, 9.17) is 5.73 Å². The number of anilines is 2. The second-order valence-corrected chi connectivity index (χ2v) is 8.46. The highest BCUT2D eigenvalue weighted by molar-refractivity contribution is 5.96. The first-order valence-corrected chi connectivity index (χ1v) is 11.1. The number of aromatic nitrogens is 2. The van der Waals surface area contributed by atoms with Gasteiger partial charge in [-0.3, -0.25) is 24.0 Å². The first-order valence-electron chi connectivity index (χ1n) is 11.1. The molecule has 2 atom stereocenters. The lowest BCUT2D eigenvalue weighted by Crippen LogP contribution is -2.49. The van der Waals surface area contributed by atoms with Crippen molar-refractivity contribution in [2.45, 2.75) is 65.3 Å². The lowest BCUT2D eigenvalue weighted by Gasteiger charge is -2.41. The third-order valence-corrected chi connectivity index (χ3v) is 6.57. The monoisotopic (exact) mass is 405 g/mol. The zero-order valence-corrected chi connectivity index (χ0v) is 17.8. The minimum absolute atomic E-state index is 0.0772. The molecule has 162 valence electrons. The number of hydrogen-bond donors (Lipinski definition) is 2. The molecule has 29 heavy (non-hydrogen) atoms. The van der Waals surface area contributed by atoms with Crippen LogP contribution in [0.1, 0.15) is 58.8 Å². The summed E-state index contributed by atoms with van der Waals surface area (Å²) in [7, 11) is 0. The van der Waals surface area contributed by atoms with E-state index in [1.807, 2.05) is 13.8 Å². The minimum Gasteiger partial charge on any atom is -0.383 e. The fraction of sp³-hybridized carbons (Fsp3) is 0.762. The molecule has 8 heteroatoms. The summed E-state index contributed by atoms with van der Waals surface area (Å²) in [5.41, 5.74) is 5.18. The molecule has 1 aromatic rings. The van der Waals surface area contributed by atoms with Crippen molar-refractivity contribution in [2.24, 2.45) is 11.8 Å². The number of nitrogens with one attached hydrogen (secondary N) is 1. The van der Waals surface area contributed by atoms with Crippen LogP contribution < -0.4 is 21.9 Å². The SMILES string of the molecule is CCCCn1c(N)c(N(CC)C(=O)CN2CC[C@@H]3CCCC[C@@H]3C2)c(=O)[nH]c1=O. The van der Waals surface area contributed by atoms with Crippen molar-refractivity contribution >= 4 is 17.4 Å². The van der Waals surface area contributed by atoms with Gasteiger partial charge < -0.3 is 10.6 Å². The van der Waals surface area contributed by atoms with Gasteiger partial charge in [-0.1, -0.05) is 32.6 Å². The maximum absolute atomic E-state index is 13.1. The number of rotatable bonds is 7. The molecular weight excluding hydrogens is 370 g/mol. The van der Waals surface area contributed by atoms with Crippen LogP contribution in [0.2, 0.25) is 0 Å². The van der Waals surface area contributed by atoms with Crippen LogP contribution in [0.4, 0.5) is 11.5 Å². The Balaban J connectivity index is 1.77.